The van der Waals surface area contributed by atoms with E-state index in [4.69, 9.17) is 17.3 Å². The maximum Gasteiger partial charge on any atom is 0.0426 e. The van der Waals surface area contributed by atoms with Gasteiger partial charge in [0.25, 0.3) is 0 Å². The largest absolute Gasteiger partial charge is 0.398 e. The van der Waals surface area contributed by atoms with Crippen molar-refractivity contribution in [1.82, 2.24) is 4.90 Å². The average Bonchev–Trinajstić information content (AvgIpc) is 2.58. The van der Waals surface area contributed by atoms with Crippen molar-refractivity contribution in [2.24, 2.45) is 11.8 Å². The smallest absolute Gasteiger partial charge is 0.0426 e. The molecule has 0 radical (unpaired) electrons. The van der Waals surface area contributed by atoms with Gasteiger partial charge in [0.05, 0.1) is 0 Å². The molecule has 1 aliphatic heterocycles. The van der Waals surface area contributed by atoms with Crippen LogP contribution in [0, 0.1) is 11.8 Å². The van der Waals surface area contributed by atoms with Crippen LogP contribution in [0.25, 0.3) is 0 Å². The number of nitrogens with two attached hydrogens (primary N) is 1. The summed E-state index contributed by atoms with van der Waals surface area (Å²) in [4.78, 5) is 2.53. The van der Waals surface area contributed by atoms with E-state index >= 15 is 0 Å². The summed E-state index contributed by atoms with van der Waals surface area (Å²) in [5.74, 6) is 1.69. The quantitative estimate of drug-likeness (QED) is 0.842. The van der Waals surface area contributed by atoms with Gasteiger partial charge in [0.1, 0.15) is 0 Å². The molecule has 0 bridgehead atoms. The van der Waals surface area contributed by atoms with E-state index in [9.17, 15) is 0 Å². The Labute approximate surface area is 121 Å². The highest BCUT2D eigenvalue weighted by Gasteiger charge is 2.19. The van der Waals surface area contributed by atoms with Crippen molar-refractivity contribution in [3.63, 3.8) is 0 Å². The number of halogens is 1. The van der Waals surface area contributed by atoms with Crippen LogP contribution in [0.1, 0.15) is 38.7 Å². The topological polar surface area (TPSA) is 29.3 Å². The predicted molar refractivity (Wildman–Crippen MR) is 83.3 cm³/mol. The van der Waals surface area contributed by atoms with Crippen LogP contribution in [0.2, 0.25) is 5.02 Å². The van der Waals surface area contributed by atoms with Gasteiger partial charge in [-0.2, -0.15) is 0 Å². The van der Waals surface area contributed by atoms with Gasteiger partial charge in [0, 0.05) is 17.3 Å². The molecule has 3 heteroatoms. The normalized spacial score (nSPS) is 21.6. The second-order valence-corrected chi connectivity index (χ2v) is 6.49. The van der Waals surface area contributed by atoms with Gasteiger partial charge in [-0.1, -0.05) is 31.5 Å². The molecule has 2 nitrogen and oxygen atoms in total. The van der Waals surface area contributed by atoms with E-state index < -0.39 is 0 Å². The zero-order chi connectivity index (χ0) is 13.8. The summed E-state index contributed by atoms with van der Waals surface area (Å²) in [6, 6.07) is 5.84. The molecule has 1 saturated heterocycles. The van der Waals surface area contributed by atoms with E-state index in [2.05, 4.69) is 24.8 Å². The summed E-state index contributed by atoms with van der Waals surface area (Å²) in [6.45, 7) is 8.01. The first-order valence-electron chi connectivity index (χ1n) is 7.32. The zero-order valence-corrected chi connectivity index (χ0v) is 12.8. The van der Waals surface area contributed by atoms with Gasteiger partial charge >= 0.3 is 0 Å². The van der Waals surface area contributed by atoms with E-state index in [1.165, 1.54) is 37.9 Å². The van der Waals surface area contributed by atoms with Crippen molar-refractivity contribution < 1.29 is 0 Å². The molecule has 1 aromatic carbocycles. The molecule has 2 rings (SSSR count). The summed E-state index contributed by atoms with van der Waals surface area (Å²) in [7, 11) is 0. The fourth-order valence-corrected chi connectivity index (χ4v) is 3.14. The van der Waals surface area contributed by atoms with E-state index in [1.54, 1.807) is 0 Å². The number of likely N-dealkylation sites (tertiary alicyclic amines) is 1. The van der Waals surface area contributed by atoms with Crippen LogP contribution in [0.4, 0.5) is 5.69 Å². The van der Waals surface area contributed by atoms with Gasteiger partial charge in [0.2, 0.25) is 0 Å². The Morgan fingerprint density at radius 3 is 2.79 bits per heavy atom. The summed E-state index contributed by atoms with van der Waals surface area (Å²) >= 11 is 5.95. The highest BCUT2D eigenvalue weighted by molar-refractivity contribution is 6.30. The minimum Gasteiger partial charge on any atom is -0.398 e. The van der Waals surface area contributed by atoms with Crippen molar-refractivity contribution in [3.8, 4) is 0 Å². The Hall–Kier alpha value is -0.730. The third kappa shape index (κ3) is 4.12. The lowest BCUT2D eigenvalue weighted by Crippen LogP contribution is -2.25. The van der Waals surface area contributed by atoms with Crippen LogP contribution in [0.15, 0.2) is 18.2 Å². The SMILES string of the molecule is CC(C)C1CCCN(Cc2ccc(Cl)cc2N)CC1. The molecule has 2 N–H and O–H groups in total. The molecule has 1 aliphatic rings. The number of nitrogens with zero attached hydrogens (tertiary/aromatic N) is 1. The van der Waals surface area contributed by atoms with Crippen LogP contribution in [0.3, 0.4) is 0 Å². The van der Waals surface area contributed by atoms with Gasteiger partial charge in [-0.05, 0) is 61.9 Å². The molecule has 1 fully saturated rings. The second kappa shape index (κ2) is 6.62. The summed E-state index contributed by atoms with van der Waals surface area (Å²) in [5, 5.41) is 0.719. The summed E-state index contributed by atoms with van der Waals surface area (Å²) in [5.41, 5.74) is 8.06. The molecule has 106 valence electrons. The van der Waals surface area contributed by atoms with Gasteiger partial charge in [-0.25, -0.2) is 0 Å². The van der Waals surface area contributed by atoms with Crippen LogP contribution in [-0.2, 0) is 6.54 Å². The molecule has 0 aromatic heterocycles. The van der Waals surface area contributed by atoms with Gasteiger partial charge in [0.15, 0.2) is 0 Å². The Morgan fingerprint density at radius 2 is 2.11 bits per heavy atom. The molecule has 0 amide bonds. The number of hydrogen-bond donors (Lipinski definition) is 1. The third-order valence-electron chi connectivity index (χ3n) is 4.31. The molecular formula is C16H25ClN2. The molecule has 1 heterocycles. The van der Waals surface area contributed by atoms with Crippen LogP contribution >= 0.6 is 11.6 Å². The number of nitrogen functional groups attached to an aromatic ring is 1. The Bertz CT molecular complexity index is 417. The fraction of sp³-hybridized carbons (Fsp3) is 0.625. The average molecular weight is 281 g/mol. The van der Waals surface area contributed by atoms with Gasteiger partial charge in [-0.3, -0.25) is 4.90 Å². The van der Waals surface area contributed by atoms with Crippen molar-refractivity contribution in [3.05, 3.63) is 28.8 Å². The van der Waals surface area contributed by atoms with E-state index in [-0.39, 0.29) is 0 Å². The highest BCUT2D eigenvalue weighted by Crippen LogP contribution is 2.26. The molecule has 1 aromatic rings. The molecule has 0 spiro atoms. The van der Waals surface area contributed by atoms with Crippen LogP contribution in [0.5, 0.6) is 0 Å². The summed E-state index contributed by atoms with van der Waals surface area (Å²) < 4.78 is 0. The molecule has 0 aliphatic carbocycles. The lowest BCUT2D eigenvalue weighted by molar-refractivity contribution is 0.265. The van der Waals surface area contributed by atoms with E-state index in [0.717, 1.165) is 29.1 Å². The molecule has 19 heavy (non-hydrogen) atoms. The molecular weight excluding hydrogens is 256 g/mol. The fourth-order valence-electron chi connectivity index (χ4n) is 2.96. The minimum absolute atomic E-state index is 0.719. The zero-order valence-electron chi connectivity index (χ0n) is 12.0. The van der Waals surface area contributed by atoms with Crippen molar-refractivity contribution in [1.29, 1.82) is 0 Å². The standard InChI is InChI=1S/C16H25ClN2/c1-12(2)13-4-3-8-19(9-7-13)11-14-5-6-15(17)10-16(14)18/h5-6,10,12-13H,3-4,7-9,11,18H2,1-2H3. The van der Waals surface area contributed by atoms with Crippen molar-refractivity contribution in [2.75, 3.05) is 18.8 Å². The maximum atomic E-state index is 6.04. The Kier molecular flexibility index (Phi) is 5.12. The minimum atomic E-state index is 0.719. The van der Waals surface area contributed by atoms with E-state index in [1.807, 2.05) is 12.1 Å². The Morgan fingerprint density at radius 1 is 1.32 bits per heavy atom. The first-order chi connectivity index (χ1) is 9.06. The predicted octanol–water partition coefficient (Wildman–Crippen LogP) is 4.18. The lowest BCUT2D eigenvalue weighted by atomic mass is 9.89. The van der Waals surface area contributed by atoms with Gasteiger partial charge in [-0.15, -0.1) is 0 Å². The number of benzene rings is 1. The molecule has 1 unspecified atom stereocenters. The number of hydrogen-bond acceptors (Lipinski definition) is 2. The second-order valence-electron chi connectivity index (χ2n) is 6.05. The number of anilines is 1. The highest BCUT2D eigenvalue weighted by atomic mass is 35.5. The third-order valence-corrected chi connectivity index (χ3v) is 4.55. The van der Waals surface area contributed by atoms with Crippen LogP contribution in [-0.4, -0.2) is 18.0 Å². The van der Waals surface area contributed by atoms with E-state index in [0.29, 0.717) is 0 Å². The van der Waals surface area contributed by atoms with Crippen LogP contribution < -0.4 is 5.73 Å². The van der Waals surface area contributed by atoms with Crippen molar-refractivity contribution in [2.45, 2.75) is 39.7 Å². The first kappa shape index (κ1) is 14.7. The van der Waals surface area contributed by atoms with Gasteiger partial charge < -0.3 is 5.73 Å². The molecule has 1 atom stereocenters. The lowest BCUT2D eigenvalue weighted by Gasteiger charge is -2.22. The number of rotatable bonds is 3. The first-order valence-corrected chi connectivity index (χ1v) is 7.70. The molecule has 0 saturated carbocycles. The monoisotopic (exact) mass is 280 g/mol. The summed E-state index contributed by atoms with van der Waals surface area (Å²) in [6.07, 6.45) is 3.98. The Balaban J connectivity index is 1.96. The van der Waals surface area contributed by atoms with Crippen molar-refractivity contribution >= 4 is 17.3 Å². The maximum absolute atomic E-state index is 6.04.